The van der Waals surface area contributed by atoms with E-state index in [1.165, 1.54) is 31.2 Å². The van der Waals surface area contributed by atoms with Crippen LogP contribution >= 0.6 is 31.9 Å². The van der Waals surface area contributed by atoms with Crippen molar-refractivity contribution in [3.63, 3.8) is 0 Å². The van der Waals surface area contributed by atoms with E-state index in [9.17, 15) is 0 Å². The van der Waals surface area contributed by atoms with Crippen LogP contribution in [0.15, 0.2) is 21.1 Å². The van der Waals surface area contributed by atoms with Crippen molar-refractivity contribution >= 4 is 31.9 Å². The second kappa shape index (κ2) is 5.93. The summed E-state index contributed by atoms with van der Waals surface area (Å²) in [6.45, 7) is 3.16. The summed E-state index contributed by atoms with van der Waals surface area (Å²) in [5.74, 6) is 0.923. The standard InChI is InChI=1S/C14H19Br2NO/c1-14(5-3-4-6-14)17-9-10-7-11(15)8-12(16)13(10)18-2/h7-8,17H,3-6,9H2,1-2H3. The molecule has 2 nitrogen and oxygen atoms in total. The number of ether oxygens (including phenoxy) is 1. The van der Waals surface area contributed by atoms with Crippen molar-refractivity contribution in [2.45, 2.75) is 44.7 Å². The number of methoxy groups -OCH3 is 1. The summed E-state index contributed by atoms with van der Waals surface area (Å²) < 4.78 is 7.54. The lowest BCUT2D eigenvalue weighted by molar-refractivity contribution is 0.354. The molecule has 1 aliphatic carbocycles. The average molecular weight is 377 g/mol. The zero-order valence-corrected chi connectivity index (χ0v) is 14.0. The first-order valence-electron chi connectivity index (χ1n) is 6.31. The Hall–Kier alpha value is -0.0600. The summed E-state index contributed by atoms with van der Waals surface area (Å²) in [5, 5.41) is 3.68. The van der Waals surface area contributed by atoms with Gasteiger partial charge < -0.3 is 10.1 Å². The normalized spacial score (nSPS) is 18.0. The molecule has 1 aromatic carbocycles. The Morgan fingerprint density at radius 1 is 1.28 bits per heavy atom. The molecule has 0 saturated heterocycles. The van der Waals surface area contributed by atoms with E-state index in [-0.39, 0.29) is 0 Å². The second-order valence-electron chi connectivity index (χ2n) is 5.20. The molecule has 1 N–H and O–H groups in total. The maximum Gasteiger partial charge on any atom is 0.137 e. The van der Waals surface area contributed by atoms with Crippen molar-refractivity contribution in [3.05, 3.63) is 26.6 Å². The van der Waals surface area contributed by atoms with Gasteiger partial charge in [-0.1, -0.05) is 28.8 Å². The molecule has 0 amide bonds. The predicted molar refractivity (Wildman–Crippen MR) is 82.1 cm³/mol. The van der Waals surface area contributed by atoms with Crippen molar-refractivity contribution in [2.24, 2.45) is 0 Å². The number of rotatable bonds is 4. The summed E-state index contributed by atoms with van der Waals surface area (Å²) in [7, 11) is 1.72. The van der Waals surface area contributed by atoms with E-state index in [1.807, 2.05) is 6.07 Å². The van der Waals surface area contributed by atoms with Crippen molar-refractivity contribution < 1.29 is 4.74 Å². The van der Waals surface area contributed by atoms with E-state index in [1.54, 1.807) is 7.11 Å². The highest BCUT2D eigenvalue weighted by atomic mass is 79.9. The quantitative estimate of drug-likeness (QED) is 0.826. The largest absolute Gasteiger partial charge is 0.495 e. The number of nitrogens with one attached hydrogen (secondary N) is 1. The van der Waals surface area contributed by atoms with E-state index < -0.39 is 0 Å². The third-order valence-electron chi connectivity index (χ3n) is 3.70. The third kappa shape index (κ3) is 3.28. The Kier molecular flexibility index (Phi) is 4.73. The molecule has 0 spiro atoms. The summed E-state index contributed by atoms with van der Waals surface area (Å²) in [6.07, 6.45) is 5.21. The summed E-state index contributed by atoms with van der Waals surface area (Å²) in [5.41, 5.74) is 1.48. The maximum absolute atomic E-state index is 5.47. The third-order valence-corrected chi connectivity index (χ3v) is 4.75. The van der Waals surface area contributed by atoms with Gasteiger partial charge in [0.15, 0.2) is 0 Å². The van der Waals surface area contributed by atoms with E-state index in [0.29, 0.717) is 5.54 Å². The monoisotopic (exact) mass is 375 g/mol. The van der Waals surface area contributed by atoms with Crippen LogP contribution in [0.4, 0.5) is 0 Å². The van der Waals surface area contributed by atoms with Gasteiger partial charge in [0.25, 0.3) is 0 Å². The lowest BCUT2D eigenvalue weighted by Gasteiger charge is -2.26. The first kappa shape index (κ1) is 14.4. The predicted octanol–water partition coefficient (Wildman–Crippen LogP) is 4.64. The van der Waals surface area contributed by atoms with Gasteiger partial charge in [0.2, 0.25) is 0 Å². The molecule has 0 atom stereocenters. The van der Waals surface area contributed by atoms with Crippen LogP contribution in [-0.4, -0.2) is 12.6 Å². The van der Waals surface area contributed by atoms with Crippen LogP contribution in [-0.2, 0) is 6.54 Å². The van der Waals surface area contributed by atoms with Gasteiger partial charge in [-0.25, -0.2) is 0 Å². The molecular formula is C14H19Br2NO. The van der Waals surface area contributed by atoms with Gasteiger partial charge in [0.1, 0.15) is 5.75 Å². The molecular weight excluding hydrogens is 358 g/mol. The molecule has 1 saturated carbocycles. The van der Waals surface area contributed by atoms with Crippen LogP contribution in [0.1, 0.15) is 38.2 Å². The lowest BCUT2D eigenvalue weighted by Crippen LogP contribution is -2.38. The highest BCUT2D eigenvalue weighted by molar-refractivity contribution is 9.11. The Morgan fingerprint density at radius 2 is 1.94 bits per heavy atom. The highest BCUT2D eigenvalue weighted by Crippen LogP contribution is 2.34. The number of benzene rings is 1. The van der Waals surface area contributed by atoms with Crippen LogP contribution in [0.2, 0.25) is 0 Å². The molecule has 0 aromatic heterocycles. The van der Waals surface area contributed by atoms with Gasteiger partial charge in [-0.15, -0.1) is 0 Å². The lowest BCUT2D eigenvalue weighted by atomic mass is 10.0. The van der Waals surface area contributed by atoms with Crippen molar-refractivity contribution in [1.82, 2.24) is 5.32 Å². The van der Waals surface area contributed by atoms with E-state index >= 15 is 0 Å². The molecule has 18 heavy (non-hydrogen) atoms. The molecule has 0 bridgehead atoms. The van der Waals surface area contributed by atoms with Crippen molar-refractivity contribution in [1.29, 1.82) is 0 Å². The van der Waals surface area contributed by atoms with Crippen LogP contribution in [0.5, 0.6) is 5.75 Å². The molecule has 4 heteroatoms. The zero-order chi connectivity index (χ0) is 13.2. The first-order valence-corrected chi connectivity index (χ1v) is 7.90. The van der Waals surface area contributed by atoms with Gasteiger partial charge in [-0.3, -0.25) is 0 Å². The van der Waals surface area contributed by atoms with Gasteiger partial charge in [0, 0.05) is 22.1 Å². The molecule has 0 aliphatic heterocycles. The summed E-state index contributed by atoms with van der Waals surface area (Å²) in [6, 6.07) is 4.13. The Bertz CT molecular complexity index is 428. The minimum Gasteiger partial charge on any atom is -0.495 e. The molecule has 2 rings (SSSR count). The SMILES string of the molecule is COc1c(Br)cc(Br)cc1CNC1(C)CCCC1. The first-order chi connectivity index (χ1) is 8.54. The smallest absolute Gasteiger partial charge is 0.137 e. The van der Waals surface area contributed by atoms with Crippen LogP contribution in [0.25, 0.3) is 0 Å². The van der Waals surface area contributed by atoms with Crippen molar-refractivity contribution in [2.75, 3.05) is 7.11 Å². The fraction of sp³-hybridized carbons (Fsp3) is 0.571. The molecule has 0 unspecified atom stereocenters. The Balaban J connectivity index is 2.13. The number of halogens is 2. The molecule has 1 aliphatic rings. The van der Waals surface area contributed by atoms with E-state index in [2.05, 4.69) is 50.2 Å². The number of hydrogen-bond donors (Lipinski definition) is 1. The minimum atomic E-state index is 0.291. The Morgan fingerprint density at radius 3 is 2.56 bits per heavy atom. The molecule has 1 fully saturated rings. The molecule has 0 heterocycles. The fourth-order valence-electron chi connectivity index (χ4n) is 2.61. The van der Waals surface area contributed by atoms with Crippen LogP contribution in [0.3, 0.4) is 0 Å². The van der Waals surface area contributed by atoms with E-state index in [0.717, 1.165) is 21.2 Å². The van der Waals surface area contributed by atoms with Gasteiger partial charge in [-0.2, -0.15) is 0 Å². The second-order valence-corrected chi connectivity index (χ2v) is 6.97. The van der Waals surface area contributed by atoms with Crippen molar-refractivity contribution in [3.8, 4) is 5.75 Å². The summed E-state index contributed by atoms with van der Waals surface area (Å²) >= 11 is 7.07. The topological polar surface area (TPSA) is 21.3 Å². The summed E-state index contributed by atoms with van der Waals surface area (Å²) in [4.78, 5) is 0. The van der Waals surface area contributed by atoms with Gasteiger partial charge in [-0.05, 0) is 47.8 Å². The van der Waals surface area contributed by atoms with Gasteiger partial charge >= 0.3 is 0 Å². The minimum absolute atomic E-state index is 0.291. The molecule has 1 aromatic rings. The number of hydrogen-bond acceptors (Lipinski definition) is 2. The van der Waals surface area contributed by atoms with Crippen LogP contribution < -0.4 is 10.1 Å². The van der Waals surface area contributed by atoms with E-state index in [4.69, 9.17) is 4.74 Å². The van der Waals surface area contributed by atoms with Gasteiger partial charge in [0.05, 0.1) is 11.6 Å². The molecule has 100 valence electrons. The Labute approximate surface area is 126 Å². The van der Waals surface area contributed by atoms with Crippen LogP contribution in [0, 0.1) is 0 Å². The molecule has 0 radical (unpaired) electrons. The zero-order valence-electron chi connectivity index (χ0n) is 10.9. The maximum atomic E-state index is 5.47. The highest BCUT2D eigenvalue weighted by Gasteiger charge is 2.28. The fourth-order valence-corrected chi connectivity index (χ4v) is 4.09. The average Bonchev–Trinajstić information content (AvgIpc) is 2.73.